The molecule has 0 unspecified atom stereocenters. The van der Waals surface area contributed by atoms with E-state index in [1.54, 1.807) is 0 Å². The Labute approximate surface area is 147 Å². The van der Waals surface area contributed by atoms with Gasteiger partial charge in [0.25, 0.3) is 0 Å². The van der Waals surface area contributed by atoms with Gasteiger partial charge in [0.05, 0.1) is 6.20 Å². The summed E-state index contributed by atoms with van der Waals surface area (Å²) in [6, 6.07) is 3.90. The summed E-state index contributed by atoms with van der Waals surface area (Å²) < 4.78 is 29.1. The average molecular weight is 349 g/mol. The van der Waals surface area contributed by atoms with Crippen LogP contribution < -0.4 is 10.6 Å². The Morgan fingerprint density at radius 3 is 2.52 bits per heavy atom. The zero-order valence-electron chi connectivity index (χ0n) is 14.9. The number of rotatable bonds is 7. The Hall–Kier alpha value is -2.44. The second-order valence-corrected chi connectivity index (χ2v) is 5.77. The number of aryl methyl sites for hydroxylation is 1. The predicted octanol–water partition coefficient (Wildman–Crippen LogP) is 2.35. The molecule has 1 aromatic heterocycles. The molecule has 0 spiro atoms. The smallest absolute Gasteiger partial charge is 0.191 e. The molecule has 25 heavy (non-hydrogen) atoms. The van der Waals surface area contributed by atoms with Gasteiger partial charge in [0, 0.05) is 37.9 Å². The van der Waals surface area contributed by atoms with Crippen molar-refractivity contribution in [3.63, 3.8) is 0 Å². The van der Waals surface area contributed by atoms with Crippen molar-refractivity contribution in [2.75, 3.05) is 19.6 Å². The topological polar surface area (TPSA) is 54.2 Å². The van der Waals surface area contributed by atoms with E-state index in [0.29, 0.717) is 25.6 Å². The minimum atomic E-state index is -0.528. The molecule has 0 aliphatic rings. The molecule has 1 heterocycles. The zero-order chi connectivity index (χ0) is 18.2. The van der Waals surface area contributed by atoms with Gasteiger partial charge in [0.15, 0.2) is 5.96 Å². The van der Waals surface area contributed by atoms with Crippen molar-refractivity contribution in [1.29, 1.82) is 0 Å². The van der Waals surface area contributed by atoms with Gasteiger partial charge in [-0.15, -0.1) is 0 Å². The van der Waals surface area contributed by atoms with Crippen LogP contribution in [0, 0.1) is 18.6 Å². The number of guanidine groups is 1. The van der Waals surface area contributed by atoms with Crippen molar-refractivity contribution < 1.29 is 8.78 Å². The molecule has 1 aromatic carbocycles. The van der Waals surface area contributed by atoms with Crippen molar-refractivity contribution in [2.45, 2.75) is 26.7 Å². The molecule has 0 radical (unpaired) electrons. The number of aromatic nitrogens is 2. The average Bonchev–Trinajstić information content (AvgIpc) is 2.89. The quantitative estimate of drug-likeness (QED) is 0.596. The van der Waals surface area contributed by atoms with Crippen LogP contribution in [0.15, 0.2) is 29.4 Å². The van der Waals surface area contributed by atoms with E-state index in [0.717, 1.165) is 12.1 Å². The normalized spacial score (nSPS) is 11.6. The SMILES string of the molecule is CCNC(=NCCc1c(F)cccc1F)NCCc1cnn(C)c1C. The summed E-state index contributed by atoms with van der Waals surface area (Å²) in [5.74, 6) is -0.416. The van der Waals surface area contributed by atoms with Crippen molar-refractivity contribution >= 4 is 5.96 Å². The maximum atomic E-state index is 13.6. The van der Waals surface area contributed by atoms with Crippen LogP contribution in [0.2, 0.25) is 0 Å². The third-order valence-electron chi connectivity index (χ3n) is 4.06. The maximum absolute atomic E-state index is 13.6. The Morgan fingerprint density at radius 1 is 1.20 bits per heavy atom. The van der Waals surface area contributed by atoms with E-state index in [9.17, 15) is 8.78 Å². The highest BCUT2D eigenvalue weighted by atomic mass is 19.1. The van der Waals surface area contributed by atoms with Crippen molar-refractivity contribution in [3.05, 3.63) is 52.9 Å². The number of benzene rings is 1. The van der Waals surface area contributed by atoms with Gasteiger partial charge in [0.2, 0.25) is 0 Å². The molecule has 0 saturated carbocycles. The van der Waals surface area contributed by atoms with Gasteiger partial charge in [-0.2, -0.15) is 5.10 Å². The van der Waals surface area contributed by atoms with Gasteiger partial charge in [0.1, 0.15) is 11.6 Å². The van der Waals surface area contributed by atoms with E-state index in [2.05, 4.69) is 20.7 Å². The van der Waals surface area contributed by atoms with Crippen LogP contribution >= 0.6 is 0 Å². The van der Waals surface area contributed by atoms with Crippen LogP contribution in [0.3, 0.4) is 0 Å². The minimum absolute atomic E-state index is 0.0769. The third-order valence-corrected chi connectivity index (χ3v) is 4.06. The van der Waals surface area contributed by atoms with E-state index in [-0.39, 0.29) is 12.0 Å². The monoisotopic (exact) mass is 349 g/mol. The molecule has 5 nitrogen and oxygen atoms in total. The number of aliphatic imine (C=N–C) groups is 1. The lowest BCUT2D eigenvalue weighted by Crippen LogP contribution is -2.38. The lowest BCUT2D eigenvalue weighted by molar-refractivity contribution is 0.555. The lowest BCUT2D eigenvalue weighted by Gasteiger charge is -2.11. The van der Waals surface area contributed by atoms with Gasteiger partial charge in [-0.1, -0.05) is 6.07 Å². The molecule has 0 aliphatic carbocycles. The summed E-state index contributed by atoms with van der Waals surface area (Å²) in [6.07, 6.45) is 2.91. The molecule has 0 atom stereocenters. The Kier molecular flexibility index (Phi) is 6.91. The van der Waals surface area contributed by atoms with Crippen LogP contribution in [0.5, 0.6) is 0 Å². The molecule has 2 rings (SSSR count). The van der Waals surface area contributed by atoms with Gasteiger partial charge in [-0.3, -0.25) is 9.67 Å². The standard InChI is InChI=1S/C18H25F2N5/c1-4-21-18(22-10-8-14-12-24-25(3)13(14)2)23-11-9-15-16(19)6-5-7-17(15)20/h5-7,12H,4,8-11H2,1-3H3,(H2,21,22,23). The Bertz CT molecular complexity index is 704. The molecule has 0 amide bonds. The fourth-order valence-corrected chi connectivity index (χ4v) is 2.50. The van der Waals surface area contributed by atoms with E-state index >= 15 is 0 Å². The van der Waals surface area contributed by atoms with E-state index in [4.69, 9.17) is 0 Å². The predicted molar refractivity (Wildman–Crippen MR) is 95.7 cm³/mol. The van der Waals surface area contributed by atoms with Crippen LogP contribution in [0.1, 0.15) is 23.7 Å². The largest absolute Gasteiger partial charge is 0.357 e. The van der Waals surface area contributed by atoms with Gasteiger partial charge < -0.3 is 10.6 Å². The van der Waals surface area contributed by atoms with E-state index < -0.39 is 11.6 Å². The fourth-order valence-electron chi connectivity index (χ4n) is 2.50. The molecular formula is C18H25F2N5. The molecule has 2 N–H and O–H groups in total. The molecule has 0 fully saturated rings. The minimum Gasteiger partial charge on any atom is -0.357 e. The van der Waals surface area contributed by atoms with E-state index in [1.165, 1.54) is 23.8 Å². The number of hydrogen-bond donors (Lipinski definition) is 2. The summed E-state index contributed by atoms with van der Waals surface area (Å²) in [7, 11) is 1.92. The first-order chi connectivity index (χ1) is 12.0. The van der Waals surface area contributed by atoms with E-state index in [1.807, 2.05) is 31.8 Å². The number of nitrogens with zero attached hydrogens (tertiary/aromatic N) is 3. The van der Waals surface area contributed by atoms with Crippen molar-refractivity contribution in [3.8, 4) is 0 Å². The van der Waals surface area contributed by atoms with Gasteiger partial charge in [-0.25, -0.2) is 8.78 Å². The number of halogens is 2. The number of hydrogen-bond acceptors (Lipinski definition) is 2. The summed E-state index contributed by atoms with van der Waals surface area (Å²) >= 11 is 0. The first-order valence-electron chi connectivity index (χ1n) is 8.45. The van der Waals surface area contributed by atoms with Crippen molar-refractivity contribution in [1.82, 2.24) is 20.4 Å². The highest BCUT2D eigenvalue weighted by Gasteiger charge is 2.08. The second kappa shape index (κ2) is 9.15. The van der Waals surface area contributed by atoms with Gasteiger partial charge in [-0.05, 0) is 44.4 Å². The fraction of sp³-hybridized carbons (Fsp3) is 0.444. The third kappa shape index (κ3) is 5.27. The van der Waals surface area contributed by atoms with Crippen molar-refractivity contribution in [2.24, 2.45) is 12.0 Å². The number of nitrogens with one attached hydrogen (secondary N) is 2. The van der Waals surface area contributed by atoms with Crippen LogP contribution in [0.4, 0.5) is 8.78 Å². The Balaban J connectivity index is 1.88. The molecule has 0 saturated heterocycles. The van der Waals surface area contributed by atoms with Crippen LogP contribution in [0.25, 0.3) is 0 Å². The zero-order valence-corrected chi connectivity index (χ0v) is 14.9. The maximum Gasteiger partial charge on any atom is 0.191 e. The summed E-state index contributed by atoms with van der Waals surface area (Å²) in [6.45, 7) is 5.72. The highest BCUT2D eigenvalue weighted by molar-refractivity contribution is 5.79. The molecule has 7 heteroatoms. The second-order valence-electron chi connectivity index (χ2n) is 5.77. The van der Waals surface area contributed by atoms with Crippen LogP contribution in [-0.4, -0.2) is 35.4 Å². The first kappa shape index (κ1) is 18.9. The molecule has 0 bridgehead atoms. The lowest BCUT2D eigenvalue weighted by atomic mass is 10.1. The summed E-state index contributed by atoms with van der Waals surface area (Å²) in [5.41, 5.74) is 2.39. The molecule has 0 aliphatic heterocycles. The first-order valence-corrected chi connectivity index (χ1v) is 8.45. The highest BCUT2D eigenvalue weighted by Crippen LogP contribution is 2.12. The summed E-state index contributed by atoms with van der Waals surface area (Å²) in [5, 5.41) is 10.6. The Morgan fingerprint density at radius 2 is 1.92 bits per heavy atom. The van der Waals surface area contributed by atoms with Gasteiger partial charge >= 0.3 is 0 Å². The molecule has 136 valence electrons. The summed E-state index contributed by atoms with van der Waals surface area (Å²) in [4.78, 5) is 4.39. The molecule has 2 aromatic rings. The van der Waals surface area contributed by atoms with Crippen LogP contribution in [-0.2, 0) is 19.9 Å². The molecular weight excluding hydrogens is 324 g/mol.